The summed E-state index contributed by atoms with van der Waals surface area (Å²) >= 11 is 5.80. The van der Waals surface area contributed by atoms with Gasteiger partial charge < -0.3 is 15.0 Å². The highest BCUT2D eigenvalue weighted by atomic mass is 35.5. The molecule has 0 saturated carbocycles. The molecule has 112 valence electrons. The normalized spacial score (nSPS) is 12.4. The Morgan fingerprint density at radius 1 is 1.29 bits per heavy atom. The van der Waals surface area contributed by atoms with Gasteiger partial charge in [0, 0.05) is 23.1 Å². The predicted molar refractivity (Wildman–Crippen MR) is 84.3 cm³/mol. The van der Waals surface area contributed by atoms with E-state index in [1.165, 1.54) is 0 Å². The molecule has 2 N–H and O–H groups in total. The lowest BCUT2D eigenvalue weighted by atomic mass is 10.0. The van der Waals surface area contributed by atoms with Crippen LogP contribution in [0.3, 0.4) is 0 Å². The molecule has 0 spiro atoms. The van der Waals surface area contributed by atoms with Gasteiger partial charge in [0.05, 0.1) is 6.10 Å². The molecule has 0 aliphatic rings. The van der Waals surface area contributed by atoms with Gasteiger partial charge in [-0.15, -0.1) is 0 Å². The Morgan fingerprint density at radius 3 is 2.57 bits per heavy atom. The molecule has 0 saturated heterocycles. The minimum atomic E-state index is -0.509. The van der Waals surface area contributed by atoms with Gasteiger partial charge in [0.1, 0.15) is 6.54 Å². The molecule has 1 aromatic carbocycles. The molecule has 1 unspecified atom stereocenters. The van der Waals surface area contributed by atoms with E-state index in [0.717, 1.165) is 5.56 Å². The zero-order valence-electron chi connectivity index (χ0n) is 12.1. The second kappa shape index (κ2) is 6.78. The number of halogens is 1. The second-order valence-corrected chi connectivity index (χ2v) is 5.80. The molecule has 2 aromatic rings. The molecule has 0 aliphatic heterocycles. The summed E-state index contributed by atoms with van der Waals surface area (Å²) < 4.78 is 1.76. The van der Waals surface area contributed by atoms with Crippen molar-refractivity contribution in [2.24, 2.45) is 5.92 Å². The summed E-state index contributed by atoms with van der Waals surface area (Å²) in [7, 11) is 0. The Labute approximate surface area is 129 Å². The Morgan fingerprint density at radius 2 is 1.95 bits per heavy atom. The molecule has 0 fully saturated rings. The number of nitrogens with zero attached hydrogens (tertiary/aromatic N) is 1. The van der Waals surface area contributed by atoms with E-state index >= 15 is 0 Å². The maximum atomic E-state index is 12.0. The van der Waals surface area contributed by atoms with Gasteiger partial charge in [0.25, 0.3) is 0 Å². The first-order valence-electron chi connectivity index (χ1n) is 6.85. The standard InChI is InChI=1S/C16H19ClN2O2/c1-11(2)16(21)12-7-8-19(9-12)10-15(20)18-14-5-3-13(17)4-6-14/h3-9,11,16,21H,10H2,1-2H3,(H,18,20). The van der Waals surface area contributed by atoms with E-state index in [0.29, 0.717) is 10.7 Å². The number of hydrogen-bond acceptors (Lipinski definition) is 2. The highest BCUT2D eigenvalue weighted by Crippen LogP contribution is 2.21. The van der Waals surface area contributed by atoms with E-state index in [4.69, 9.17) is 11.6 Å². The van der Waals surface area contributed by atoms with E-state index in [2.05, 4.69) is 5.32 Å². The molecule has 0 radical (unpaired) electrons. The summed E-state index contributed by atoms with van der Waals surface area (Å²) in [6, 6.07) is 8.79. The van der Waals surface area contributed by atoms with Gasteiger partial charge in [0.2, 0.25) is 5.91 Å². The van der Waals surface area contributed by atoms with Crippen molar-refractivity contribution in [3.05, 3.63) is 53.3 Å². The third-order valence-electron chi connectivity index (χ3n) is 3.20. The van der Waals surface area contributed by atoms with Crippen LogP contribution in [-0.2, 0) is 11.3 Å². The van der Waals surface area contributed by atoms with Crippen LogP contribution in [0.5, 0.6) is 0 Å². The first-order chi connectivity index (χ1) is 9.95. The quantitative estimate of drug-likeness (QED) is 0.888. The van der Waals surface area contributed by atoms with Crippen molar-refractivity contribution in [1.82, 2.24) is 4.57 Å². The van der Waals surface area contributed by atoms with Crippen LogP contribution in [0.25, 0.3) is 0 Å². The van der Waals surface area contributed by atoms with E-state index in [9.17, 15) is 9.90 Å². The minimum absolute atomic E-state index is 0.126. The highest BCUT2D eigenvalue weighted by Gasteiger charge is 2.13. The maximum Gasteiger partial charge on any atom is 0.244 e. The lowest BCUT2D eigenvalue weighted by Crippen LogP contribution is -2.17. The van der Waals surface area contributed by atoms with Crippen molar-refractivity contribution in [3.8, 4) is 0 Å². The van der Waals surface area contributed by atoms with Crippen LogP contribution in [-0.4, -0.2) is 15.6 Å². The number of aliphatic hydroxyl groups is 1. The molecule has 5 heteroatoms. The van der Waals surface area contributed by atoms with Crippen LogP contribution >= 0.6 is 11.6 Å². The van der Waals surface area contributed by atoms with Crippen molar-refractivity contribution in [2.75, 3.05) is 5.32 Å². The number of aliphatic hydroxyl groups excluding tert-OH is 1. The Balaban J connectivity index is 1.95. The molecule has 0 aliphatic carbocycles. The van der Waals surface area contributed by atoms with Crippen molar-refractivity contribution >= 4 is 23.2 Å². The smallest absolute Gasteiger partial charge is 0.244 e. The highest BCUT2D eigenvalue weighted by molar-refractivity contribution is 6.30. The molecule has 2 rings (SSSR count). The van der Waals surface area contributed by atoms with Crippen molar-refractivity contribution in [3.63, 3.8) is 0 Å². The zero-order valence-corrected chi connectivity index (χ0v) is 12.8. The number of carbonyl (C=O) groups excluding carboxylic acids is 1. The van der Waals surface area contributed by atoms with Crippen LogP contribution in [0.1, 0.15) is 25.5 Å². The van der Waals surface area contributed by atoms with Gasteiger partial charge in [-0.25, -0.2) is 0 Å². The summed E-state index contributed by atoms with van der Waals surface area (Å²) in [6.45, 7) is 4.11. The van der Waals surface area contributed by atoms with Gasteiger partial charge in [0.15, 0.2) is 0 Å². The summed E-state index contributed by atoms with van der Waals surface area (Å²) in [5.74, 6) is 0.0160. The number of hydrogen-bond donors (Lipinski definition) is 2. The van der Waals surface area contributed by atoms with E-state index in [-0.39, 0.29) is 18.4 Å². The van der Waals surface area contributed by atoms with Gasteiger partial charge >= 0.3 is 0 Å². The zero-order chi connectivity index (χ0) is 15.4. The molecule has 4 nitrogen and oxygen atoms in total. The van der Waals surface area contributed by atoms with Crippen LogP contribution in [0.4, 0.5) is 5.69 Å². The van der Waals surface area contributed by atoms with E-state index in [1.807, 2.05) is 19.9 Å². The van der Waals surface area contributed by atoms with Crippen LogP contribution < -0.4 is 5.32 Å². The molecule has 1 aromatic heterocycles. The van der Waals surface area contributed by atoms with E-state index < -0.39 is 6.10 Å². The van der Waals surface area contributed by atoms with Gasteiger partial charge in [-0.2, -0.15) is 0 Å². The van der Waals surface area contributed by atoms with Crippen LogP contribution in [0, 0.1) is 5.92 Å². The average Bonchev–Trinajstić information content (AvgIpc) is 2.88. The minimum Gasteiger partial charge on any atom is -0.388 e. The van der Waals surface area contributed by atoms with Gasteiger partial charge in [-0.3, -0.25) is 4.79 Å². The van der Waals surface area contributed by atoms with Crippen LogP contribution in [0.15, 0.2) is 42.7 Å². The van der Waals surface area contributed by atoms with Crippen molar-refractivity contribution in [2.45, 2.75) is 26.5 Å². The third-order valence-corrected chi connectivity index (χ3v) is 3.45. The molecular weight excluding hydrogens is 288 g/mol. The van der Waals surface area contributed by atoms with Crippen molar-refractivity contribution in [1.29, 1.82) is 0 Å². The Kier molecular flexibility index (Phi) is 5.04. The molecule has 0 bridgehead atoms. The van der Waals surface area contributed by atoms with Crippen molar-refractivity contribution < 1.29 is 9.90 Å². The van der Waals surface area contributed by atoms with Gasteiger partial charge in [-0.1, -0.05) is 25.4 Å². The monoisotopic (exact) mass is 306 g/mol. The fraction of sp³-hybridized carbons (Fsp3) is 0.312. The lowest BCUT2D eigenvalue weighted by molar-refractivity contribution is -0.116. The molecule has 1 heterocycles. The number of rotatable bonds is 5. The summed E-state index contributed by atoms with van der Waals surface area (Å²) in [5, 5.41) is 13.4. The fourth-order valence-corrected chi connectivity index (χ4v) is 2.14. The number of benzene rings is 1. The Bertz CT molecular complexity index is 605. The number of aromatic nitrogens is 1. The topological polar surface area (TPSA) is 54.3 Å². The average molecular weight is 307 g/mol. The first kappa shape index (κ1) is 15.6. The maximum absolute atomic E-state index is 12.0. The molecular formula is C16H19ClN2O2. The molecule has 1 atom stereocenters. The van der Waals surface area contributed by atoms with Crippen LogP contribution in [0.2, 0.25) is 5.02 Å². The number of carbonyl (C=O) groups is 1. The third kappa shape index (κ3) is 4.34. The summed E-state index contributed by atoms with van der Waals surface area (Å²) in [6.07, 6.45) is 3.08. The van der Waals surface area contributed by atoms with E-state index in [1.54, 1.807) is 41.2 Å². The first-order valence-corrected chi connectivity index (χ1v) is 7.22. The fourth-order valence-electron chi connectivity index (χ4n) is 2.02. The molecule has 21 heavy (non-hydrogen) atoms. The SMILES string of the molecule is CC(C)C(O)c1ccn(CC(=O)Nc2ccc(Cl)cc2)c1. The predicted octanol–water partition coefficient (Wildman–Crippen LogP) is 3.47. The summed E-state index contributed by atoms with van der Waals surface area (Å²) in [4.78, 5) is 12.0. The number of nitrogens with one attached hydrogen (secondary N) is 1. The largest absolute Gasteiger partial charge is 0.388 e. The Hall–Kier alpha value is -1.78. The summed E-state index contributed by atoms with van der Waals surface area (Å²) in [5.41, 5.74) is 1.53. The van der Waals surface area contributed by atoms with Gasteiger partial charge in [-0.05, 0) is 41.8 Å². The lowest BCUT2D eigenvalue weighted by Gasteiger charge is -2.12. The number of amides is 1. The number of anilines is 1. The molecule has 1 amide bonds. The second-order valence-electron chi connectivity index (χ2n) is 5.36.